The van der Waals surface area contributed by atoms with Gasteiger partial charge in [0.25, 0.3) is 0 Å². The molecule has 1 unspecified atom stereocenters. The van der Waals surface area contributed by atoms with Crippen LogP contribution in [0.4, 0.5) is 0 Å². The Morgan fingerprint density at radius 3 is 2.82 bits per heavy atom. The molecular weight excluding hydrogens is 216 g/mol. The molecule has 2 N–H and O–H groups in total. The lowest BCUT2D eigenvalue weighted by atomic mass is 10.1. The molecule has 1 amide bonds. The van der Waals surface area contributed by atoms with Crippen LogP contribution in [0.3, 0.4) is 0 Å². The first-order valence-corrected chi connectivity index (χ1v) is 6.70. The summed E-state index contributed by atoms with van der Waals surface area (Å²) in [7, 11) is 0. The van der Waals surface area contributed by atoms with Crippen molar-refractivity contribution in [3.63, 3.8) is 0 Å². The van der Waals surface area contributed by atoms with Crippen molar-refractivity contribution in [1.82, 2.24) is 4.90 Å². The Hall–Kier alpha value is -0.900. The smallest absolute Gasteiger partial charge is 0.231 e. The molecule has 1 fully saturated rings. The Morgan fingerprint density at radius 2 is 2.18 bits per heavy atom. The molecule has 0 aromatic rings. The summed E-state index contributed by atoms with van der Waals surface area (Å²) in [5, 5.41) is 0. The molecule has 0 radical (unpaired) electrons. The lowest BCUT2D eigenvalue weighted by Crippen LogP contribution is -2.45. The van der Waals surface area contributed by atoms with Gasteiger partial charge in [0.1, 0.15) is 5.78 Å². The summed E-state index contributed by atoms with van der Waals surface area (Å²) in [5.41, 5.74) is 5.26. The topological polar surface area (TPSA) is 63.4 Å². The van der Waals surface area contributed by atoms with Crippen molar-refractivity contribution in [1.29, 1.82) is 0 Å². The molecule has 1 aliphatic carbocycles. The van der Waals surface area contributed by atoms with Crippen molar-refractivity contribution < 1.29 is 9.59 Å². The molecule has 0 bridgehead atoms. The van der Waals surface area contributed by atoms with E-state index in [0.29, 0.717) is 12.2 Å². The van der Waals surface area contributed by atoms with Gasteiger partial charge in [0.2, 0.25) is 5.91 Å². The van der Waals surface area contributed by atoms with Gasteiger partial charge < -0.3 is 5.73 Å². The van der Waals surface area contributed by atoms with E-state index in [1.165, 1.54) is 0 Å². The standard InChI is InChI=1S/C13H24N2O2/c1-2-3-9-15(10-13(14)17)11-7-5-4-6-8-12(11)16/h11H,2-10H2,1H3,(H2,14,17). The number of carbonyl (C=O) groups is 2. The predicted octanol–water partition coefficient (Wildman–Crippen LogP) is 1.48. The molecule has 1 atom stereocenters. The highest BCUT2D eigenvalue weighted by atomic mass is 16.1. The summed E-state index contributed by atoms with van der Waals surface area (Å²) >= 11 is 0. The van der Waals surface area contributed by atoms with Crippen LogP contribution < -0.4 is 5.73 Å². The maximum absolute atomic E-state index is 12.0. The molecule has 98 valence electrons. The van der Waals surface area contributed by atoms with Gasteiger partial charge >= 0.3 is 0 Å². The minimum atomic E-state index is -0.335. The summed E-state index contributed by atoms with van der Waals surface area (Å²) in [6.07, 6.45) is 6.82. The fraction of sp³-hybridized carbons (Fsp3) is 0.846. The Balaban J connectivity index is 2.64. The van der Waals surface area contributed by atoms with Crippen LogP contribution in [0.15, 0.2) is 0 Å². The van der Waals surface area contributed by atoms with E-state index in [1.54, 1.807) is 0 Å². The first kappa shape index (κ1) is 14.2. The second-order valence-electron chi connectivity index (χ2n) is 4.87. The highest BCUT2D eigenvalue weighted by Gasteiger charge is 2.27. The summed E-state index contributed by atoms with van der Waals surface area (Å²) in [5.74, 6) is -0.0435. The van der Waals surface area contributed by atoms with Gasteiger partial charge in [-0.25, -0.2) is 0 Å². The first-order chi connectivity index (χ1) is 8.15. The number of nitrogens with two attached hydrogens (primary N) is 1. The average molecular weight is 240 g/mol. The third-order valence-corrected chi connectivity index (χ3v) is 3.37. The number of ketones is 1. The average Bonchev–Trinajstić information content (AvgIpc) is 2.49. The molecule has 0 spiro atoms. The first-order valence-electron chi connectivity index (χ1n) is 6.70. The van der Waals surface area contributed by atoms with E-state index < -0.39 is 0 Å². The zero-order valence-corrected chi connectivity index (χ0v) is 10.8. The van der Waals surface area contributed by atoms with Crippen LogP contribution in [0.2, 0.25) is 0 Å². The number of Topliss-reactive ketones (excluding diaryl/α,β-unsaturated/α-hetero) is 1. The Morgan fingerprint density at radius 1 is 1.41 bits per heavy atom. The normalized spacial score (nSPS) is 21.5. The quantitative estimate of drug-likeness (QED) is 0.715. The molecule has 0 heterocycles. The van der Waals surface area contributed by atoms with Gasteiger partial charge in [-0.3, -0.25) is 14.5 Å². The number of nitrogens with zero attached hydrogens (tertiary/aromatic N) is 1. The van der Waals surface area contributed by atoms with Gasteiger partial charge in [-0.05, 0) is 25.8 Å². The summed E-state index contributed by atoms with van der Waals surface area (Å²) in [6.45, 7) is 3.13. The molecular formula is C13H24N2O2. The number of rotatable bonds is 6. The number of hydrogen-bond acceptors (Lipinski definition) is 3. The van der Waals surface area contributed by atoms with E-state index in [4.69, 9.17) is 5.73 Å². The van der Waals surface area contributed by atoms with Crippen molar-refractivity contribution in [3.8, 4) is 0 Å². The maximum Gasteiger partial charge on any atom is 0.231 e. The summed E-state index contributed by atoms with van der Waals surface area (Å²) < 4.78 is 0. The molecule has 4 heteroatoms. The van der Waals surface area contributed by atoms with Crippen LogP contribution in [-0.2, 0) is 9.59 Å². The zero-order valence-electron chi connectivity index (χ0n) is 10.8. The summed E-state index contributed by atoms with van der Waals surface area (Å²) in [4.78, 5) is 25.1. The number of carbonyl (C=O) groups excluding carboxylic acids is 2. The van der Waals surface area contributed by atoms with Crippen LogP contribution in [0.5, 0.6) is 0 Å². The van der Waals surface area contributed by atoms with Crippen LogP contribution in [0.25, 0.3) is 0 Å². The van der Waals surface area contributed by atoms with Gasteiger partial charge in [-0.2, -0.15) is 0 Å². The monoisotopic (exact) mass is 240 g/mol. The largest absolute Gasteiger partial charge is 0.369 e. The third-order valence-electron chi connectivity index (χ3n) is 3.37. The van der Waals surface area contributed by atoms with Gasteiger partial charge in [-0.1, -0.05) is 26.2 Å². The highest BCUT2D eigenvalue weighted by Crippen LogP contribution is 2.19. The molecule has 0 aromatic carbocycles. The Bertz CT molecular complexity index is 266. The van der Waals surface area contributed by atoms with Crippen LogP contribution in [0.1, 0.15) is 51.9 Å². The van der Waals surface area contributed by atoms with Crippen LogP contribution in [0, 0.1) is 0 Å². The number of unbranched alkanes of at least 4 members (excludes halogenated alkanes) is 1. The fourth-order valence-electron chi connectivity index (χ4n) is 2.43. The minimum absolute atomic E-state index is 0.0726. The SMILES string of the molecule is CCCCN(CC(N)=O)C1CCCCCC1=O. The Kier molecular flexibility index (Phi) is 6.19. The lowest BCUT2D eigenvalue weighted by Gasteiger charge is -2.28. The molecule has 0 saturated heterocycles. The molecule has 1 rings (SSSR count). The van der Waals surface area contributed by atoms with Crippen LogP contribution in [-0.4, -0.2) is 35.7 Å². The van der Waals surface area contributed by atoms with Crippen LogP contribution >= 0.6 is 0 Å². The van der Waals surface area contributed by atoms with E-state index in [0.717, 1.165) is 45.1 Å². The zero-order chi connectivity index (χ0) is 12.7. The molecule has 0 aromatic heterocycles. The van der Waals surface area contributed by atoms with Crippen molar-refractivity contribution in [2.24, 2.45) is 5.73 Å². The second kappa shape index (κ2) is 7.43. The van der Waals surface area contributed by atoms with E-state index in [9.17, 15) is 9.59 Å². The van der Waals surface area contributed by atoms with Gasteiger partial charge in [0.05, 0.1) is 12.6 Å². The molecule has 1 saturated carbocycles. The fourth-order valence-corrected chi connectivity index (χ4v) is 2.43. The van der Waals surface area contributed by atoms with Crippen molar-refractivity contribution >= 4 is 11.7 Å². The Labute approximate surface area is 104 Å². The highest BCUT2D eigenvalue weighted by molar-refractivity contribution is 5.85. The minimum Gasteiger partial charge on any atom is -0.369 e. The maximum atomic E-state index is 12.0. The van der Waals surface area contributed by atoms with Crippen molar-refractivity contribution in [2.45, 2.75) is 57.9 Å². The van der Waals surface area contributed by atoms with Crippen molar-refractivity contribution in [2.75, 3.05) is 13.1 Å². The van der Waals surface area contributed by atoms with E-state index in [-0.39, 0.29) is 18.5 Å². The number of amides is 1. The predicted molar refractivity (Wildman–Crippen MR) is 67.6 cm³/mol. The third kappa shape index (κ3) is 4.86. The molecule has 17 heavy (non-hydrogen) atoms. The van der Waals surface area contributed by atoms with E-state index in [1.807, 2.05) is 4.90 Å². The molecule has 1 aliphatic rings. The van der Waals surface area contributed by atoms with E-state index in [2.05, 4.69) is 6.92 Å². The molecule has 0 aliphatic heterocycles. The van der Waals surface area contributed by atoms with Gasteiger partial charge in [-0.15, -0.1) is 0 Å². The lowest BCUT2D eigenvalue weighted by molar-refractivity contribution is -0.126. The second-order valence-corrected chi connectivity index (χ2v) is 4.87. The van der Waals surface area contributed by atoms with E-state index >= 15 is 0 Å². The summed E-state index contributed by atoms with van der Waals surface area (Å²) in [6, 6.07) is -0.0726. The number of primary amides is 1. The van der Waals surface area contributed by atoms with Crippen molar-refractivity contribution in [3.05, 3.63) is 0 Å². The molecule has 4 nitrogen and oxygen atoms in total. The van der Waals surface area contributed by atoms with Gasteiger partial charge in [0.15, 0.2) is 0 Å². The van der Waals surface area contributed by atoms with Gasteiger partial charge in [0, 0.05) is 6.42 Å². The number of hydrogen-bond donors (Lipinski definition) is 1.